The Bertz CT molecular complexity index is 482. The van der Waals surface area contributed by atoms with E-state index < -0.39 is 6.10 Å². The molecule has 1 aromatic carbocycles. The molecule has 1 aromatic rings. The smallest absolute Gasteiger partial charge is 0.0764 e. The number of nitrogens with zero attached hydrogens (tertiary/aromatic N) is 1. The molecule has 118 valence electrons. The minimum absolute atomic E-state index is 0.155. The fraction of sp³-hybridized carbons (Fsp3) is 0.647. The van der Waals surface area contributed by atoms with Gasteiger partial charge in [-0.3, -0.25) is 0 Å². The molecular formula is C17H25Cl2NO. The molecular weight excluding hydrogens is 305 g/mol. The lowest BCUT2D eigenvalue weighted by Gasteiger charge is -2.48. The summed E-state index contributed by atoms with van der Waals surface area (Å²) < 4.78 is 0. The topological polar surface area (TPSA) is 23.5 Å². The number of halogens is 2. The Balaban J connectivity index is 2.20. The fourth-order valence-corrected chi connectivity index (χ4v) is 3.84. The van der Waals surface area contributed by atoms with Gasteiger partial charge in [0.2, 0.25) is 0 Å². The summed E-state index contributed by atoms with van der Waals surface area (Å²) in [6, 6.07) is 5.62. The van der Waals surface area contributed by atoms with Crippen LogP contribution in [0.1, 0.15) is 38.2 Å². The van der Waals surface area contributed by atoms with Gasteiger partial charge in [0.25, 0.3) is 0 Å². The van der Waals surface area contributed by atoms with E-state index in [0.717, 1.165) is 24.3 Å². The Kier molecular flexibility index (Phi) is 5.59. The first-order valence-corrected chi connectivity index (χ1v) is 8.41. The highest BCUT2D eigenvalue weighted by atomic mass is 35.5. The molecule has 0 radical (unpaired) electrons. The summed E-state index contributed by atoms with van der Waals surface area (Å²) in [5.41, 5.74) is 0.773. The van der Waals surface area contributed by atoms with Gasteiger partial charge in [-0.1, -0.05) is 42.3 Å². The third-order valence-corrected chi connectivity index (χ3v) is 5.95. The molecule has 0 aromatic heterocycles. The third kappa shape index (κ3) is 3.56. The highest BCUT2D eigenvalue weighted by Crippen LogP contribution is 2.39. The average Bonchev–Trinajstić information content (AvgIpc) is 2.44. The van der Waals surface area contributed by atoms with Crippen LogP contribution in [-0.4, -0.2) is 35.7 Å². The molecule has 1 aliphatic rings. The molecule has 1 unspecified atom stereocenters. The number of benzene rings is 1. The predicted octanol–water partition coefficient (Wildman–Crippen LogP) is 4.41. The van der Waals surface area contributed by atoms with Gasteiger partial charge in [-0.25, -0.2) is 0 Å². The van der Waals surface area contributed by atoms with Crippen LogP contribution < -0.4 is 0 Å². The van der Waals surface area contributed by atoms with Gasteiger partial charge < -0.3 is 10.0 Å². The number of likely N-dealkylation sites (N-methyl/N-ethyl adjacent to an activating group) is 1. The summed E-state index contributed by atoms with van der Waals surface area (Å²) in [4.78, 5) is 2.20. The molecule has 1 N–H and O–H groups in total. The van der Waals surface area contributed by atoms with Crippen LogP contribution in [0.2, 0.25) is 10.0 Å². The van der Waals surface area contributed by atoms with Gasteiger partial charge in [0.15, 0.2) is 0 Å². The van der Waals surface area contributed by atoms with Crippen molar-refractivity contribution < 1.29 is 5.11 Å². The largest absolute Gasteiger partial charge is 0.391 e. The summed E-state index contributed by atoms with van der Waals surface area (Å²) in [7, 11) is 4.14. The lowest BCUT2D eigenvalue weighted by molar-refractivity contribution is -0.0382. The lowest BCUT2D eigenvalue weighted by atomic mass is 9.72. The first-order valence-electron chi connectivity index (χ1n) is 7.65. The monoisotopic (exact) mass is 329 g/mol. The van der Waals surface area contributed by atoms with Crippen LogP contribution in [0.15, 0.2) is 18.2 Å². The SMILES string of the molecule is CC1CCC(C(O)Cc2cccc(Cl)c2Cl)(N(C)C)CC1. The molecule has 0 heterocycles. The number of hydrogen-bond donors (Lipinski definition) is 1. The van der Waals surface area contributed by atoms with E-state index in [1.807, 2.05) is 12.1 Å². The number of aliphatic hydroxyl groups excluding tert-OH is 1. The maximum Gasteiger partial charge on any atom is 0.0764 e. The molecule has 1 fully saturated rings. The normalized spacial score (nSPS) is 27.9. The summed E-state index contributed by atoms with van der Waals surface area (Å²) >= 11 is 12.3. The van der Waals surface area contributed by atoms with Crippen LogP contribution in [-0.2, 0) is 6.42 Å². The second-order valence-electron chi connectivity index (χ2n) is 6.61. The molecule has 1 aliphatic carbocycles. The van der Waals surface area contributed by atoms with E-state index in [9.17, 15) is 5.11 Å². The van der Waals surface area contributed by atoms with Crippen molar-refractivity contribution in [1.82, 2.24) is 4.90 Å². The standard InChI is InChI=1S/C17H25Cl2NO/c1-12-7-9-17(10-8-12,20(2)3)15(21)11-13-5-4-6-14(18)16(13)19/h4-6,12,15,21H,7-11H2,1-3H3. The molecule has 1 saturated carbocycles. The number of rotatable bonds is 4. The summed E-state index contributed by atoms with van der Waals surface area (Å²) in [6.45, 7) is 2.29. The first-order chi connectivity index (χ1) is 9.86. The van der Waals surface area contributed by atoms with E-state index in [1.165, 1.54) is 12.8 Å². The first kappa shape index (κ1) is 17.1. The maximum absolute atomic E-state index is 10.9. The zero-order valence-corrected chi connectivity index (χ0v) is 14.6. The van der Waals surface area contributed by atoms with Gasteiger partial charge in [0.1, 0.15) is 0 Å². The van der Waals surface area contributed by atoms with Crippen molar-refractivity contribution in [2.24, 2.45) is 5.92 Å². The second-order valence-corrected chi connectivity index (χ2v) is 7.40. The van der Waals surface area contributed by atoms with Crippen molar-refractivity contribution >= 4 is 23.2 Å². The van der Waals surface area contributed by atoms with Gasteiger partial charge in [0, 0.05) is 12.0 Å². The van der Waals surface area contributed by atoms with Gasteiger partial charge >= 0.3 is 0 Å². The van der Waals surface area contributed by atoms with Crippen molar-refractivity contribution in [2.45, 2.75) is 50.7 Å². The molecule has 0 amide bonds. The molecule has 1 atom stereocenters. The quantitative estimate of drug-likeness (QED) is 0.884. The van der Waals surface area contributed by atoms with Crippen LogP contribution in [0.4, 0.5) is 0 Å². The average molecular weight is 330 g/mol. The third-order valence-electron chi connectivity index (χ3n) is 5.10. The summed E-state index contributed by atoms with van der Waals surface area (Å²) in [5.74, 6) is 0.750. The van der Waals surface area contributed by atoms with Crippen LogP contribution in [0, 0.1) is 5.92 Å². The summed E-state index contributed by atoms with van der Waals surface area (Å²) in [6.07, 6.45) is 4.50. The Labute approximate surface area is 138 Å². The van der Waals surface area contributed by atoms with E-state index in [-0.39, 0.29) is 5.54 Å². The van der Waals surface area contributed by atoms with E-state index >= 15 is 0 Å². The Morgan fingerprint density at radius 1 is 1.29 bits per heavy atom. The molecule has 0 spiro atoms. The van der Waals surface area contributed by atoms with E-state index in [4.69, 9.17) is 23.2 Å². The van der Waals surface area contributed by atoms with Crippen LogP contribution in [0.5, 0.6) is 0 Å². The fourth-order valence-electron chi connectivity index (χ4n) is 3.44. The summed E-state index contributed by atoms with van der Waals surface area (Å²) in [5, 5.41) is 12.0. The van der Waals surface area contributed by atoms with Crippen molar-refractivity contribution in [3.63, 3.8) is 0 Å². The number of aliphatic hydroxyl groups is 1. The van der Waals surface area contributed by atoms with Gasteiger partial charge in [-0.05, 0) is 57.3 Å². The minimum atomic E-state index is -0.434. The Hall–Kier alpha value is -0.280. The van der Waals surface area contributed by atoms with Gasteiger partial charge in [0.05, 0.1) is 16.1 Å². The van der Waals surface area contributed by atoms with E-state index in [1.54, 1.807) is 6.07 Å². The molecule has 2 rings (SSSR count). The predicted molar refractivity (Wildman–Crippen MR) is 90.2 cm³/mol. The van der Waals surface area contributed by atoms with Gasteiger partial charge in [-0.2, -0.15) is 0 Å². The van der Waals surface area contributed by atoms with Crippen LogP contribution >= 0.6 is 23.2 Å². The Morgan fingerprint density at radius 3 is 2.48 bits per heavy atom. The zero-order valence-electron chi connectivity index (χ0n) is 13.1. The minimum Gasteiger partial charge on any atom is -0.391 e. The van der Waals surface area contributed by atoms with Crippen molar-refractivity contribution in [1.29, 1.82) is 0 Å². The maximum atomic E-state index is 10.9. The van der Waals surface area contributed by atoms with E-state index in [2.05, 4.69) is 25.9 Å². The molecule has 2 nitrogen and oxygen atoms in total. The van der Waals surface area contributed by atoms with E-state index in [0.29, 0.717) is 16.5 Å². The van der Waals surface area contributed by atoms with Crippen molar-refractivity contribution in [3.8, 4) is 0 Å². The number of hydrogen-bond acceptors (Lipinski definition) is 2. The van der Waals surface area contributed by atoms with Crippen molar-refractivity contribution in [2.75, 3.05) is 14.1 Å². The van der Waals surface area contributed by atoms with Crippen LogP contribution in [0.25, 0.3) is 0 Å². The molecule has 4 heteroatoms. The lowest BCUT2D eigenvalue weighted by Crippen LogP contribution is -2.56. The Morgan fingerprint density at radius 2 is 1.90 bits per heavy atom. The molecule has 0 aliphatic heterocycles. The second kappa shape index (κ2) is 6.87. The molecule has 0 saturated heterocycles. The van der Waals surface area contributed by atoms with Crippen molar-refractivity contribution in [3.05, 3.63) is 33.8 Å². The van der Waals surface area contributed by atoms with Crippen LogP contribution in [0.3, 0.4) is 0 Å². The van der Waals surface area contributed by atoms with Gasteiger partial charge in [-0.15, -0.1) is 0 Å². The molecule has 21 heavy (non-hydrogen) atoms. The highest BCUT2D eigenvalue weighted by Gasteiger charge is 2.42. The zero-order chi connectivity index (χ0) is 15.6. The molecule has 0 bridgehead atoms. The highest BCUT2D eigenvalue weighted by molar-refractivity contribution is 6.42.